The number of aliphatic hydroxyl groups excluding tert-OH is 1. The van der Waals surface area contributed by atoms with Gasteiger partial charge in [-0.2, -0.15) is 0 Å². The van der Waals surface area contributed by atoms with E-state index in [4.69, 9.17) is 5.73 Å². The molecule has 0 aliphatic carbocycles. The maximum absolute atomic E-state index is 9.59. The second-order valence-corrected chi connectivity index (χ2v) is 3.57. The van der Waals surface area contributed by atoms with Gasteiger partial charge >= 0.3 is 0 Å². The molecule has 0 saturated heterocycles. The maximum Gasteiger partial charge on any atom is 0.106 e. The Hall–Kier alpha value is -1.39. The number of aromatic nitrogens is 2. The van der Waals surface area contributed by atoms with Crippen LogP contribution in [0.3, 0.4) is 0 Å². The van der Waals surface area contributed by atoms with E-state index in [1.165, 1.54) is 0 Å². The average Bonchev–Trinajstić information content (AvgIpc) is 2.69. The molecule has 0 spiro atoms. The highest BCUT2D eigenvalue weighted by atomic mass is 16.3. The van der Waals surface area contributed by atoms with Crippen LogP contribution in [-0.2, 0) is 6.42 Å². The van der Waals surface area contributed by atoms with E-state index >= 15 is 0 Å². The Morgan fingerprint density at radius 3 is 3.00 bits per heavy atom. The van der Waals surface area contributed by atoms with Gasteiger partial charge in [0.05, 0.1) is 17.1 Å². The fourth-order valence-electron chi connectivity index (χ4n) is 1.59. The fraction of sp³-hybridized carbons (Fsp3) is 0.364. The molecule has 2 rings (SSSR count). The Morgan fingerprint density at radius 1 is 1.53 bits per heavy atom. The van der Waals surface area contributed by atoms with Gasteiger partial charge in [-0.25, -0.2) is 4.98 Å². The molecule has 0 amide bonds. The Balaban J connectivity index is 2.45. The Labute approximate surface area is 88.1 Å². The normalized spacial score (nSPS) is 13.3. The minimum atomic E-state index is -0.595. The predicted octanol–water partition coefficient (Wildman–Crippen LogP) is 1.12. The molecule has 1 aromatic carbocycles. The zero-order valence-electron chi connectivity index (χ0n) is 8.70. The van der Waals surface area contributed by atoms with E-state index in [-0.39, 0.29) is 6.54 Å². The second-order valence-electron chi connectivity index (χ2n) is 3.57. The van der Waals surface area contributed by atoms with Gasteiger partial charge in [0.1, 0.15) is 5.82 Å². The van der Waals surface area contributed by atoms with Crippen molar-refractivity contribution in [1.29, 1.82) is 0 Å². The van der Waals surface area contributed by atoms with E-state index in [2.05, 4.69) is 9.97 Å². The number of aryl methyl sites for hydroxylation is 1. The molecule has 0 radical (unpaired) electrons. The van der Waals surface area contributed by atoms with Gasteiger partial charge in [0.25, 0.3) is 0 Å². The quantitative estimate of drug-likeness (QED) is 0.702. The standard InChI is InChI=1S/C11H15N3O/c1-2-11-13-8-4-3-7(10(15)6-12)5-9(8)14-11/h3-5,10,15H,2,6,12H2,1H3,(H,13,14). The number of aromatic amines is 1. The summed E-state index contributed by atoms with van der Waals surface area (Å²) in [5.74, 6) is 0.962. The summed E-state index contributed by atoms with van der Waals surface area (Å²) in [6, 6.07) is 5.67. The minimum Gasteiger partial charge on any atom is -0.387 e. The predicted molar refractivity (Wildman–Crippen MR) is 59.5 cm³/mol. The summed E-state index contributed by atoms with van der Waals surface area (Å²) in [7, 11) is 0. The molecule has 0 aliphatic rings. The number of fused-ring (bicyclic) bond motifs is 1. The third-order valence-electron chi connectivity index (χ3n) is 2.50. The summed E-state index contributed by atoms with van der Waals surface area (Å²) in [6.45, 7) is 2.29. The number of H-pyrrole nitrogens is 1. The highest BCUT2D eigenvalue weighted by Gasteiger charge is 2.07. The van der Waals surface area contributed by atoms with Crippen molar-refractivity contribution >= 4 is 11.0 Å². The van der Waals surface area contributed by atoms with Crippen LogP contribution in [0, 0.1) is 0 Å². The van der Waals surface area contributed by atoms with E-state index in [1.807, 2.05) is 25.1 Å². The summed E-state index contributed by atoms with van der Waals surface area (Å²) in [6.07, 6.45) is 0.284. The van der Waals surface area contributed by atoms with Crippen LogP contribution in [0.5, 0.6) is 0 Å². The lowest BCUT2D eigenvalue weighted by Gasteiger charge is -2.06. The topological polar surface area (TPSA) is 74.9 Å². The molecule has 0 fully saturated rings. The van der Waals surface area contributed by atoms with E-state index in [9.17, 15) is 5.11 Å². The molecule has 15 heavy (non-hydrogen) atoms. The molecule has 2 aromatic rings. The zero-order chi connectivity index (χ0) is 10.8. The van der Waals surface area contributed by atoms with Crippen molar-refractivity contribution in [2.24, 2.45) is 5.73 Å². The summed E-state index contributed by atoms with van der Waals surface area (Å²) < 4.78 is 0. The van der Waals surface area contributed by atoms with Crippen molar-refractivity contribution in [1.82, 2.24) is 9.97 Å². The summed E-state index contributed by atoms with van der Waals surface area (Å²) >= 11 is 0. The number of nitrogens with one attached hydrogen (secondary N) is 1. The van der Waals surface area contributed by atoms with Crippen LogP contribution >= 0.6 is 0 Å². The van der Waals surface area contributed by atoms with Crippen LogP contribution < -0.4 is 5.73 Å². The Morgan fingerprint density at radius 2 is 2.33 bits per heavy atom. The van der Waals surface area contributed by atoms with Gasteiger partial charge in [0.15, 0.2) is 0 Å². The highest BCUT2D eigenvalue weighted by Crippen LogP contribution is 2.18. The van der Waals surface area contributed by atoms with Crippen molar-refractivity contribution in [3.63, 3.8) is 0 Å². The number of aliphatic hydroxyl groups is 1. The maximum atomic E-state index is 9.59. The van der Waals surface area contributed by atoms with Gasteiger partial charge in [0.2, 0.25) is 0 Å². The first-order chi connectivity index (χ1) is 7.24. The SMILES string of the molecule is CCc1nc2ccc(C(O)CN)cc2[nH]1. The molecule has 1 unspecified atom stereocenters. The lowest BCUT2D eigenvalue weighted by molar-refractivity contribution is 0.187. The van der Waals surface area contributed by atoms with Crippen LogP contribution in [0.15, 0.2) is 18.2 Å². The zero-order valence-corrected chi connectivity index (χ0v) is 8.70. The highest BCUT2D eigenvalue weighted by molar-refractivity contribution is 5.76. The molecule has 0 bridgehead atoms. The smallest absolute Gasteiger partial charge is 0.106 e. The lowest BCUT2D eigenvalue weighted by atomic mass is 10.1. The average molecular weight is 205 g/mol. The van der Waals surface area contributed by atoms with Crippen molar-refractivity contribution in [3.05, 3.63) is 29.6 Å². The molecular formula is C11H15N3O. The molecule has 0 aliphatic heterocycles. The number of nitrogens with zero attached hydrogens (tertiary/aromatic N) is 1. The van der Waals surface area contributed by atoms with Crippen molar-refractivity contribution in [3.8, 4) is 0 Å². The van der Waals surface area contributed by atoms with E-state index in [1.54, 1.807) is 0 Å². The molecule has 1 aromatic heterocycles. The molecule has 4 nitrogen and oxygen atoms in total. The number of imidazole rings is 1. The third kappa shape index (κ3) is 1.86. The third-order valence-corrected chi connectivity index (χ3v) is 2.50. The van der Waals surface area contributed by atoms with Crippen LogP contribution in [0.25, 0.3) is 11.0 Å². The van der Waals surface area contributed by atoms with Crippen LogP contribution in [-0.4, -0.2) is 21.6 Å². The first-order valence-corrected chi connectivity index (χ1v) is 5.11. The summed E-state index contributed by atoms with van der Waals surface area (Å²) in [5, 5.41) is 9.59. The fourth-order valence-corrected chi connectivity index (χ4v) is 1.59. The van der Waals surface area contributed by atoms with Crippen molar-refractivity contribution < 1.29 is 5.11 Å². The number of benzene rings is 1. The van der Waals surface area contributed by atoms with Gasteiger partial charge in [-0.3, -0.25) is 0 Å². The molecule has 80 valence electrons. The molecular weight excluding hydrogens is 190 g/mol. The molecule has 4 N–H and O–H groups in total. The van der Waals surface area contributed by atoms with E-state index in [0.29, 0.717) is 0 Å². The number of hydrogen-bond donors (Lipinski definition) is 3. The Kier molecular flexibility index (Phi) is 2.70. The summed E-state index contributed by atoms with van der Waals surface area (Å²) in [4.78, 5) is 7.59. The van der Waals surface area contributed by atoms with Gasteiger partial charge in [-0.15, -0.1) is 0 Å². The van der Waals surface area contributed by atoms with Crippen LogP contribution in [0.4, 0.5) is 0 Å². The minimum absolute atomic E-state index is 0.236. The molecule has 1 atom stereocenters. The monoisotopic (exact) mass is 205 g/mol. The molecule has 1 heterocycles. The first-order valence-electron chi connectivity index (χ1n) is 5.11. The molecule has 0 saturated carbocycles. The van der Waals surface area contributed by atoms with Crippen molar-refractivity contribution in [2.75, 3.05) is 6.54 Å². The van der Waals surface area contributed by atoms with Crippen LogP contribution in [0.1, 0.15) is 24.4 Å². The van der Waals surface area contributed by atoms with E-state index < -0.39 is 6.10 Å². The van der Waals surface area contributed by atoms with Gasteiger partial charge in [-0.1, -0.05) is 13.0 Å². The van der Waals surface area contributed by atoms with Crippen molar-refractivity contribution in [2.45, 2.75) is 19.4 Å². The largest absolute Gasteiger partial charge is 0.387 e. The summed E-state index contributed by atoms with van der Waals surface area (Å²) in [5.41, 5.74) is 8.12. The second kappa shape index (κ2) is 4.00. The molecule has 4 heteroatoms. The lowest BCUT2D eigenvalue weighted by Crippen LogP contribution is -2.11. The number of hydrogen-bond acceptors (Lipinski definition) is 3. The van der Waals surface area contributed by atoms with E-state index in [0.717, 1.165) is 28.8 Å². The Bertz CT molecular complexity index is 464. The van der Waals surface area contributed by atoms with Gasteiger partial charge in [0, 0.05) is 13.0 Å². The van der Waals surface area contributed by atoms with Gasteiger partial charge in [-0.05, 0) is 17.7 Å². The van der Waals surface area contributed by atoms with Crippen LogP contribution in [0.2, 0.25) is 0 Å². The number of nitrogens with two attached hydrogens (primary N) is 1. The van der Waals surface area contributed by atoms with Gasteiger partial charge < -0.3 is 15.8 Å². The first kappa shape index (κ1) is 10.1. The number of rotatable bonds is 3.